The lowest BCUT2D eigenvalue weighted by molar-refractivity contribution is 0.222. The van der Waals surface area contributed by atoms with Crippen LogP contribution in [-0.2, 0) is 0 Å². The van der Waals surface area contributed by atoms with Gasteiger partial charge in [-0.05, 0) is 37.5 Å². The van der Waals surface area contributed by atoms with Gasteiger partial charge in [0.05, 0.1) is 12.3 Å². The molecule has 0 bridgehead atoms. The Balaban J connectivity index is 2.14. The van der Waals surface area contributed by atoms with Crippen LogP contribution in [0.5, 0.6) is 0 Å². The van der Waals surface area contributed by atoms with E-state index in [1.54, 1.807) is 0 Å². The molecule has 2 N–H and O–H groups in total. The second-order valence-corrected chi connectivity index (χ2v) is 4.95. The number of benzene rings is 1. The van der Waals surface area contributed by atoms with Gasteiger partial charge in [-0.25, -0.2) is 4.79 Å². The summed E-state index contributed by atoms with van der Waals surface area (Å²) in [5.74, 6) is 5.88. The van der Waals surface area contributed by atoms with Crippen LogP contribution >= 0.6 is 0 Å². The van der Waals surface area contributed by atoms with Crippen LogP contribution in [0.25, 0.3) is 0 Å². The van der Waals surface area contributed by atoms with Crippen molar-refractivity contribution in [3.63, 3.8) is 0 Å². The van der Waals surface area contributed by atoms with Crippen LogP contribution in [0.4, 0.5) is 10.5 Å². The molecule has 0 aliphatic carbocycles. The van der Waals surface area contributed by atoms with E-state index in [2.05, 4.69) is 17.2 Å². The number of hydrogen-bond acceptors (Lipinski definition) is 2. The fraction of sp³-hybridized carbons (Fsp3) is 0.438. The number of amides is 2. The van der Waals surface area contributed by atoms with Crippen molar-refractivity contribution in [3.8, 4) is 11.8 Å². The van der Waals surface area contributed by atoms with Crippen LogP contribution in [-0.4, -0.2) is 35.7 Å². The Kier molecular flexibility index (Phi) is 5.03. The Bertz CT molecular complexity index is 537. The number of urea groups is 1. The summed E-state index contributed by atoms with van der Waals surface area (Å²) in [6.07, 6.45) is 2.59. The number of anilines is 1. The average Bonchev–Trinajstić information content (AvgIpc) is 2.95. The van der Waals surface area contributed by atoms with Gasteiger partial charge in [0.1, 0.15) is 0 Å². The first-order chi connectivity index (χ1) is 9.70. The zero-order valence-corrected chi connectivity index (χ0v) is 11.8. The molecule has 0 aromatic heterocycles. The molecule has 20 heavy (non-hydrogen) atoms. The monoisotopic (exact) mass is 272 g/mol. The number of carbonyl (C=O) groups excluding carboxylic acids is 1. The minimum atomic E-state index is -0.0571. The van der Waals surface area contributed by atoms with E-state index in [0.29, 0.717) is 6.42 Å². The minimum Gasteiger partial charge on any atom is -0.395 e. The molecule has 2 rings (SSSR count). The van der Waals surface area contributed by atoms with Gasteiger partial charge in [-0.15, -0.1) is 0 Å². The predicted molar refractivity (Wildman–Crippen MR) is 79.6 cm³/mol. The first-order valence-corrected chi connectivity index (χ1v) is 6.97. The standard InChI is InChI=1S/C16H20N2O2/c1-13-7-8-14(6-2-5-11-19)15(12-13)17-16(20)18-9-3-4-10-18/h7-8,12,19H,3-5,9-11H2,1H3,(H,17,20). The number of likely N-dealkylation sites (tertiary alicyclic amines) is 1. The minimum absolute atomic E-state index is 0.0499. The second-order valence-electron chi connectivity index (χ2n) is 4.95. The van der Waals surface area contributed by atoms with Crippen molar-refractivity contribution in [2.24, 2.45) is 0 Å². The Morgan fingerprint density at radius 2 is 2.15 bits per heavy atom. The molecule has 0 unspecified atom stereocenters. The summed E-state index contributed by atoms with van der Waals surface area (Å²) in [7, 11) is 0. The Morgan fingerprint density at radius 3 is 2.85 bits per heavy atom. The molecule has 1 heterocycles. The lowest BCUT2D eigenvalue weighted by Crippen LogP contribution is -2.32. The Morgan fingerprint density at radius 1 is 1.40 bits per heavy atom. The molecule has 106 valence electrons. The normalized spacial score (nSPS) is 13.8. The molecule has 1 aromatic carbocycles. The molecule has 0 radical (unpaired) electrons. The number of nitrogens with zero attached hydrogens (tertiary/aromatic N) is 1. The van der Waals surface area contributed by atoms with E-state index < -0.39 is 0 Å². The maximum Gasteiger partial charge on any atom is 0.321 e. The highest BCUT2D eigenvalue weighted by atomic mass is 16.2. The van der Waals surface area contributed by atoms with E-state index in [4.69, 9.17) is 5.11 Å². The van der Waals surface area contributed by atoms with Gasteiger partial charge in [0.25, 0.3) is 0 Å². The first kappa shape index (κ1) is 14.4. The van der Waals surface area contributed by atoms with Crippen molar-refractivity contribution in [1.82, 2.24) is 4.90 Å². The van der Waals surface area contributed by atoms with Crippen LogP contribution < -0.4 is 5.32 Å². The molecule has 1 aliphatic heterocycles. The molecular formula is C16H20N2O2. The summed E-state index contributed by atoms with van der Waals surface area (Å²) < 4.78 is 0. The summed E-state index contributed by atoms with van der Waals surface area (Å²) in [5.41, 5.74) is 2.61. The summed E-state index contributed by atoms with van der Waals surface area (Å²) in [4.78, 5) is 14.0. The van der Waals surface area contributed by atoms with Crippen LogP contribution in [0.1, 0.15) is 30.4 Å². The smallest absolute Gasteiger partial charge is 0.321 e. The van der Waals surface area contributed by atoms with Crippen LogP contribution in [0.2, 0.25) is 0 Å². The number of hydrogen-bond donors (Lipinski definition) is 2. The van der Waals surface area contributed by atoms with Crippen molar-refractivity contribution in [2.45, 2.75) is 26.2 Å². The van der Waals surface area contributed by atoms with Gasteiger partial charge in [-0.3, -0.25) is 0 Å². The largest absolute Gasteiger partial charge is 0.395 e. The number of carbonyl (C=O) groups is 1. The molecule has 0 spiro atoms. The third-order valence-corrected chi connectivity index (χ3v) is 3.27. The third kappa shape index (κ3) is 3.75. The molecule has 0 atom stereocenters. The summed E-state index contributed by atoms with van der Waals surface area (Å²) in [5, 5.41) is 11.7. The van der Waals surface area contributed by atoms with Gasteiger partial charge in [-0.1, -0.05) is 17.9 Å². The highest BCUT2D eigenvalue weighted by Crippen LogP contribution is 2.18. The summed E-state index contributed by atoms with van der Waals surface area (Å²) in [6, 6.07) is 5.74. The van der Waals surface area contributed by atoms with Gasteiger partial charge >= 0.3 is 6.03 Å². The maximum absolute atomic E-state index is 12.1. The molecule has 4 nitrogen and oxygen atoms in total. The molecule has 2 amide bonds. The molecule has 1 saturated heterocycles. The van der Waals surface area contributed by atoms with Gasteiger partial charge in [0, 0.05) is 25.1 Å². The number of nitrogens with one attached hydrogen (secondary N) is 1. The highest BCUT2D eigenvalue weighted by molar-refractivity contribution is 5.91. The van der Waals surface area contributed by atoms with Crippen LogP contribution in [0.15, 0.2) is 18.2 Å². The lowest BCUT2D eigenvalue weighted by atomic mass is 10.1. The predicted octanol–water partition coefficient (Wildman–Crippen LogP) is 2.36. The van der Waals surface area contributed by atoms with E-state index in [1.165, 1.54) is 0 Å². The second kappa shape index (κ2) is 6.97. The van der Waals surface area contributed by atoms with E-state index in [-0.39, 0.29) is 12.6 Å². The Labute approximate surface area is 119 Å². The van der Waals surface area contributed by atoms with Crippen molar-refractivity contribution in [2.75, 3.05) is 25.0 Å². The highest BCUT2D eigenvalue weighted by Gasteiger charge is 2.18. The molecule has 4 heteroatoms. The lowest BCUT2D eigenvalue weighted by Gasteiger charge is -2.17. The molecular weight excluding hydrogens is 252 g/mol. The number of aryl methyl sites for hydroxylation is 1. The molecule has 1 aliphatic rings. The quantitative estimate of drug-likeness (QED) is 0.812. The van der Waals surface area contributed by atoms with E-state index in [1.807, 2.05) is 30.0 Å². The first-order valence-electron chi connectivity index (χ1n) is 6.97. The van der Waals surface area contributed by atoms with E-state index in [0.717, 1.165) is 42.7 Å². The van der Waals surface area contributed by atoms with Crippen molar-refractivity contribution in [3.05, 3.63) is 29.3 Å². The van der Waals surface area contributed by atoms with Gasteiger partial charge < -0.3 is 15.3 Å². The molecule has 1 fully saturated rings. The van der Waals surface area contributed by atoms with Crippen LogP contribution in [0.3, 0.4) is 0 Å². The van der Waals surface area contributed by atoms with Gasteiger partial charge in [0.15, 0.2) is 0 Å². The maximum atomic E-state index is 12.1. The van der Waals surface area contributed by atoms with Crippen molar-refractivity contribution < 1.29 is 9.90 Å². The zero-order chi connectivity index (χ0) is 14.4. The van der Waals surface area contributed by atoms with Gasteiger partial charge in [-0.2, -0.15) is 0 Å². The number of aliphatic hydroxyl groups is 1. The average molecular weight is 272 g/mol. The summed E-state index contributed by atoms with van der Waals surface area (Å²) in [6.45, 7) is 3.68. The third-order valence-electron chi connectivity index (χ3n) is 3.27. The zero-order valence-electron chi connectivity index (χ0n) is 11.8. The number of aliphatic hydroxyl groups excluding tert-OH is 1. The van der Waals surface area contributed by atoms with Crippen molar-refractivity contribution in [1.29, 1.82) is 0 Å². The SMILES string of the molecule is Cc1ccc(C#CCCO)c(NC(=O)N2CCCC2)c1. The number of rotatable bonds is 2. The van der Waals surface area contributed by atoms with E-state index >= 15 is 0 Å². The van der Waals surface area contributed by atoms with Gasteiger partial charge in [0.2, 0.25) is 0 Å². The topological polar surface area (TPSA) is 52.6 Å². The molecule has 1 aromatic rings. The fourth-order valence-electron chi connectivity index (χ4n) is 2.20. The molecule has 0 saturated carbocycles. The fourth-order valence-corrected chi connectivity index (χ4v) is 2.20. The van der Waals surface area contributed by atoms with E-state index in [9.17, 15) is 4.79 Å². The Hall–Kier alpha value is -1.99. The van der Waals surface area contributed by atoms with Crippen molar-refractivity contribution >= 4 is 11.7 Å². The van der Waals surface area contributed by atoms with Crippen LogP contribution in [0, 0.1) is 18.8 Å². The summed E-state index contributed by atoms with van der Waals surface area (Å²) >= 11 is 0.